The fourth-order valence-corrected chi connectivity index (χ4v) is 3.68. The van der Waals surface area contributed by atoms with E-state index in [1.807, 2.05) is 55.5 Å². The van der Waals surface area contributed by atoms with Crippen LogP contribution in [0.2, 0.25) is 0 Å². The van der Waals surface area contributed by atoms with Crippen LogP contribution in [-0.4, -0.2) is 11.0 Å². The van der Waals surface area contributed by atoms with Crippen molar-refractivity contribution >= 4 is 11.6 Å². The molecule has 1 N–H and O–H groups in total. The monoisotopic (exact) mass is 354 g/mol. The van der Waals surface area contributed by atoms with Gasteiger partial charge in [0, 0.05) is 5.56 Å². The van der Waals surface area contributed by atoms with Crippen LogP contribution < -0.4 is 4.90 Å². The third kappa shape index (κ3) is 2.61. The molecule has 4 rings (SSSR count). The zero-order chi connectivity index (χ0) is 19.0. The molecule has 1 aliphatic heterocycles. The number of carbonyl (C=O) groups is 1. The summed E-state index contributed by atoms with van der Waals surface area (Å²) in [6.45, 7) is 2.16. The number of amides is 1. The van der Waals surface area contributed by atoms with Crippen molar-refractivity contribution in [2.24, 2.45) is 0 Å². The van der Waals surface area contributed by atoms with Crippen LogP contribution in [0.25, 0.3) is 0 Å². The van der Waals surface area contributed by atoms with Crippen molar-refractivity contribution in [1.82, 2.24) is 0 Å². The number of anilines is 1. The van der Waals surface area contributed by atoms with Gasteiger partial charge < -0.3 is 10.0 Å². The maximum absolute atomic E-state index is 13.4. The molecule has 0 bridgehead atoms. The molecule has 3 aromatic carbocycles. The van der Waals surface area contributed by atoms with Crippen LogP contribution in [0.15, 0.2) is 72.8 Å². The Bertz CT molecular complexity index is 1080. The molecular formula is C23H18N2O2. The summed E-state index contributed by atoms with van der Waals surface area (Å²) >= 11 is 0. The standard InChI is InChI=1S/C23H18N2O2/c1-16-7-6-10-19(13-16)23(27)20-11-4-5-12-21(20)25(22(23)26)15-18-9-3-2-8-17(18)14-24/h2-13,27H,15H2,1H3. The van der Waals surface area contributed by atoms with E-state index in [-0.39, 0.29) is 6.54 Å². The smallest absolute Gasteiger partial charge is 0.268 e. The molecule has 1 heterocycles. The van der Waals surface area contributed by atoms with E-state index < -0.39 is 11.5 Å². The number of aliphatic hydroxyl groups is 1. The van der Waals surface area contributed by atoms with Gasteiger partial charge in [-0.1, -0.05) is 66.2 Å². The molecule has 0 radical (unpaired) electrons. The first-order chi connectivity index (χ1) is 13.1. The minimum atomic E-state index is -1.73. The lowest BCUT2D eigenvalue weighted by atomic mass is 9.87. The van der Waals surface area contributed by atoms with E-state index in [1.54, 1.807) is 29.2 Å². The summed E-state index contributed by atoms with van der Waals surface area (Å²) < 4.78 is 0. The van der Waals surface area contributed by atoms with Crippen molar-refractivity contribution < 1.29 is 9.90 Å². The van der Waals surface area contributed by atoms with E-state index in [4.69, 9.17) is 0 Å². The molecule has 0 aliphatic carbocycles. The Balaban J connectivity index is 1.84. The van der Waals surface area contributed by atoms with Crippen LogP contribution in [0, 0.1) is 18.3 Å². The summed E-state index contributed by atoms with van der Waals surface area (Å²) in [7, 11) is 0. The fraction of sp³-hybridized carbons (Fsp3) is 0.130. The molecule has 1 aliphatic rings. The van der Waals surface area contributed by atoms with Crippen LogP contribution >= 0.6 is 0 Å². The van der Waals surface area contributed by atoms with Gasteiger partial charge >= 0.3 is 0 Å². The molecule has 4 heteroatoms. The molecule has 27 heavy (non-hydrogen) atoms. The van der Waals surface area contributed by atoms with Crippen molar-refractivity contribution in [3.05, 3.63) is 101 Å². The van der Waals surface area contributed by atoms with Crippen LogP contribution in [0.3, 0.4) is 0 Å². The highest BCUT2D eigenvalue weighted by Gasteiger charge is 2.50. The predicted molar refractivity (Wildman–Crippen MR) is 103 cm³/mol. The molecule has 0 aromatic heterocycles. The summed E-state index contributed by atoms with van der Waals surface area (Å²) in [6, 6.07) is 24.0. The highest BCUT2D eigenvalue weighted by atomic mass is 16.3. The lowest BCUT2D eigenvalue weighted by Gasteiger charge is -2.24. The number of hydrogen-bond acceptors (Lipinski definition) is 3. The van der Waals surface area contributed by atoms with E-state index in [2.05, 4.69) is 6.07 Å². The summed E-state index contributed by atoms with van der Waals surface area (Å²) in [5.41, 5.74) is 2.29. The van der Waals surface area contributed by atoms with Gasteiger partial charge in [0.25, 0.3) is 5.91 Å². The topological polar surface area (TPSA) is 64.3 Å². The minimum Gasteiger partial charge on any atom is -0.372 e. The zero-order valence-electron chi connectivity index (χ0n) is 14.9. The Morgan fingerprint density at radius 1 is 1.04 bits per heavy atom. The van der Waals surface area contributed by atoms with Gasteiger partial charge in [-0.2, -0.15) is 5.26 Å². The number of carbonyl (C=O) groups excluding carboxylic acids is 1. The SMILES string of the molecule is Cc1cccc(C2(O)C(=O)N(Cc3ccccc3C#N)c3ccccc32)c1. The molecular weight excluding hydrogens is 336 g/mol. The van der Waals surface area contributed by atoms with Crippen molar-refractivity contribution in [2.75, 3.05) is 4.90 Å². The first-order valence-electron chi connectivity index (χ1n) is 8.74. The molecule has 0 spiro atoms. The van der Waals surface area contributed by atoms with Crippen molar-refractivity contribution in [3.63, 3.8) is 0 Å². The average molecular weight is 354 g/mol. The van der Waals surface area contributed by atoms with Crippen LogP contribution in [0.1, 0.15) is 27.8 Å². The summed E-state index contributed by atoms with van der Waals surface area (Å²) in [4.78, 5) is 15.0. The molecule has 1 amide bonds. The third-order valence-electron chi connectivity index (χ3n) is 5.04. The summed E-state index contributed by atoms with van der Waals surface area (Å²) in [5, 5.41) is 20.9. The summed E-state index contributed by atoms with van der Waals surface area (Å²) in [5.74, 6) is -0.401. The number of rotatable bonds is 3. The highest BCUT2D eigenvalue weighted by Crippen LogP contribution is 2.45. The molecule has 0 saturated heterocycles. The Morgan fingerprint density at radius 3 is 2.56 bits per heavy atom. The van der Waals surface area contributed by atoms with Crippen LogP contribution in [0.4, 0.5) is 5.69 Å². The van der Waals surface area contributed by atoms with Crippen molar-refractivity contribution in [2.45, 2.75) is 19.1 Å². The van der Waals surface area contributed by atoms with Crippen LogP contribution in [0.5, 0.6) is 0 Å². The largest absolute Gasteiger partial charge is 0.372 e. The Hall–Kier alpha value is -3.42. The van der Waals surface area contributed by atoms with Gasteiger partial charge in [0.1, 0.15) is 0 Å². The molecule has 0 saturated carbocycles. The predicted octanol–water partition coefficient (Wildman–Crippen LogP) is 3.65. The highest BCUT2D eigenvalue weighted by molar-refractivity contribution is 6.09. The lowest BCUT2D eigenvalue weighted by Crippen LogP contribution is -2.41. The van der Waals surface area contributed by atoms with Gasteiger partial charge in [-0.25, -0.2) is 0 Å². The van der Waals surface area contributed by atoms with E-state index in [9.17, 15) is 15.2 Å². The molecule has 0 fully saturated rings. The number of nitriles is 1. The van der Waals surface area contributed by atoms with Crippen LogP contribution in [-0.2, 0) is 16.9 Å². The first kappa shape index (κ1) is 17.0. The van der Waals surface area contributed by atoms with Crippen molar-refractivity contribution in [3.8, 4) is 6.07 Å². The maximum atomic E-state index is 13.4. The van der Waals surface area contributed by atoms with Crippen molar-refractivity contribution in [1.29, 1.82) is 5.26 Å². The van der Waals surface area contributed by atoms with Gasteiger partial charge in [0.05, 0.1) is 23.9 Å². The molecule has 1 unspecified atom stereocenters. The van der Waals surface area contributed by atoms with Gasteiger partial charge in [0.2, 0.25) is 0 Å². The number of fused-ring (bicyclic) bond motifs is 1. The minimum absolute atomic E-state index is 0.230. The molecule has 3 aromatic rings. The Labute approximate surface area is 157 Å². The second-order valence-corrected chi connectivity index (χ2v) is 6.76. The van der Waals surface area contributed by atoms with E-state index in [1.165, 1.54) is 0 Å². The van der Waals surface area contributed by atoms with E-state index in [0.717, 1.165) is 11.1 Å². The Morgan fingerprint density at radius 2 is 1.78 bits per heavy atom. The van der Waals surface area contributed by atoms with Gasteiger partial charge in [0.15, 0.2) is 5.60 Å². The second-order valence-electron chi connectivity index (χ2n) is 6.76. The fourth-order valence-electron chi connectivity index (χ4n) is 3.68. The van der Waals surface area contributed by atoms with E-state index >= 15 is 0 Å². The number of para-hydroxylation sites is 1. The number of benzene rings is 3. The summed E-state index contributed by atoms with van der Waals surface area (Å²) in [6.07, 6.45) is 0. The lowest BCUT2D eigenvalue weighted by molar-refractivity contribution is -0.132. The maximum Gasteiger partial charge on any atom is 0.268 e. The van der Waals surface area contributed by atoms with E-state index in [0.29, 0.717) is 22.4 Å². The average Bonchev–Trinajstić information content (AvgIpc) is 2.91. The quantitative estimate of drug-likeness (QED) is 0.781. The number of hydrogen-bond donors (Lipinski definition) is 1. The van der Waals surface area contributed by atoms with Gasteiger partial charge in [-0.15, -0.1) is 0 Å². The third-order valence-corrected chi connectivity index (χ3v) is 5.04. The van der Waals surface area contributed by atoms with Gasteiger partial charge in [-0.05, 0) is 30.2 Å². The number of aryl methyl sites for hydroxylation is 1. The molecule has 1 atom stereocenters. The Kier molecular flexibility index (Phi) is 4.02. The normalized spacial score (nSPS) is 18.3. The second kappa shape index (κ2) is 6.39. The number of nitrogens with zero attached hydrogens (tertiary/aromatic N) is 2. The molecule has 4 nitrogen and oxygen atoms in total. The first-order valence-corrected chi connectivity index (χ1v) is 8.74. The van der Waals surface area contributed by atoms with Gasteiger partial charge in [-0.3, -0.25) is 4.79 Å². The molecule has 132 valence electrons. The zero-order valence-corrected chi connectivity index (χ0v) is 14.9.